The van der Waals surface area contributed by atoms with Crippen molar-refractivity contribution >= 4 is 0 Å². The zero-order valence-electron chi connectivity index (χ0n) is 12.4. The van der Waals surface area contributed by atoms with Gasteiger partial charge in [-0.2, -0.15) is 0 Å². The zero-order valence-corrected chi connectivity index (χ0v) is 12.4. The summed E-state index contributed by atoms with van der Waals surface area (Å²) in [6.07, 6.45) is 11.1. The Kier molecular flexibility index (Phi) is 5.50. The van der Waals surface area contributed by atoms with Crippen LogP contribution in [0.1, 0.15) is 65.2 Å². The Bertz CT molecular complexity index is 229. The van der Waals surface area contributed by atoms with Crippen LogP contribution < -0.4 is 5.73 Å². The van der Waals surface area contributed by atoms with Crippen molar-refractivity contribution in [3.8, 4) is 0 Å². The molecule has 2 N–H and O–H groups in total. The van der Waals surface area contributed by atoms with Crippen molar-refractivity contribution in [1.82, 2.24) is 4.90 Å². The van der Waals surface area contributed by atoms with Crippen molar-refractivity contribution in [2.75, 3.05) is 13.1 Å². The molecule has 1 atom stereocenters. The van der Waals surface area contributed by atoms with Gasteiger partial charge in [0.2, 0.25) is 0 Å². The minimum atomic E-state index is 0.480. The molecule has 2 heteroatoms. The molecule has 0 aliphatic heterocycles. The van der Waals surface area contributed by atoms with E-state index in [2.05, 4.69) is 18.7 Å². The Balaban J connectivity index is 1.74. The van der Waals surface area contributed by atoms with Crippen LogP contribution in [0.2, 0.25) is 0 Å². The van der Waals surface area contributed by atoms with E-state index in [1.54, 1.807) is 0 Å². The molecule has 0 aromatic heterocycles. The third kappa shape index (κ3) is 4.55. The van der Waals surface area contributed by atoms with E-state index >= 15 is 0 Å². The van der Waals surface area contributed by atoms with Gasteiger partial charge in [0.25, 0.3) is 0 Å². The van der Waals surface area contributed by atoms with Gasteiger partial charge in [-0.15, -0.1) is 0 Å². The highest BCUT2D eigenvalue weighted by Gasteiger charge is 2.29. The average Bonchev–Trinajstić information content (AvgIpc) is 3.05. The van der Waals surface area contributed by atoms with Crippen LogP contribution in [0.15, 0.2) is 0 Å². The lowest BCUT2D eigenvalue weighted by Crippen LogP contribution is -2.38. The molecular weight excluding hydrogens is 220 g/mol. The standard InChI is InChI=1S/C16H32N2/c1-13(2)9-11-18(15-5-3-4-6-15)12-10-16(17)14-7-8-14/h13-16H,3-12,17H2,1-2H3. The van der Waals surface area contributed by atoms with Crippen molar-refractivity contribution in [2.24, 2.45) is 17.6 Å². The fourth-order valence-corrected chi connectivity index (χ4v) is 3.25. The summed E-state index contributed by atoms with van der Waals surface area (Å²) in [6.45, 7) is 7.21. The highest BCUT2D eigenvalue weighted by atomic mass is 15.2. The molecule has 0 spiro atoms. The average molecular weight is 252 g/mol. The summed E-state index contributed by atoms with van der Waals surface area (Å²) >= 11 is 0. The Morgan fingerprint density at radius 2 is 1.61 bits per heavy atom. The summed E-state index contributed by atoms with van der Waals surface area (Å²) in [5.41, 5.74) is 6.26. The molecule has 2 nitrogen and oxygen atoms in total. The summed E-state index contributed by atoms with van der Waals surface area (Å²) < 4.78 is 0. The van der Waals surface area contributed by atoms with E-state index in [9.17, 15) is 0 Å². The molecule has 1 unspecified atom stereocenters. The molecule has 0 amide bonds. The SMILES string of the molecule is CC(C)CCN(CCC(N)C1CC1)C1CCCC1. The van der Waals surface area contributed by atoms with Crippen LogP contribution in [0.5, 0.6) is 0 Å². The zero-order chi connectivity index (χ0) is 13.0. The molecule has 2 aliphatic rings. The molecule has 0 aromatic rings. The van der Waals surface area contributed by atoms with Crippen LogP contribution in [-0.4, -0.2) is 30.1 Å². The number of hydrogen-bond donors (Lipinski definition) is 1. The van der Waals surface area contributed by atoms with Gasteiger partial charge in [0.15, 0.2) is 0 Å². The van der Waals surface area contributed by atoms with Crippen molar-refractivity contribution in [3.05, 3.63) is 0 Å². The Labute approximate surface area is 113 Å². The van der Waals surface area contributed by atoms with Gasteiger partial charge in [-0.1, -0.05) is 26.7 Å². The number of rotatable bonds is 8. The number of hydrogen-bond acceptors (Lipinski definition) is 2. The molecule has 106 valence electrons. The maximum atomic E-state index is 6.26. The number of nitrogens with zero attached hydrogens (tertiary/aromatic N) is 1. The summed E-state index contributed by atoms with van der Waals surface area (Å²) in [5, 5.41) is 0. The minimum absolute atomic E-state index is 0.480. The van der Waals surface area contributed by atoms with E-state index in [-0.39, 0.29) is 0 Å². The van der Waals surface area contributed by atoms with Gasteiger partial charge >= 0.3 is 0 Å². The first-order valence-electron chi connectivity index (χ1n) is 8.16. The predicted octanol–water partition coefficient (Wildman–Crippen LogP) is 3.40. The molecule has 18 heavy (non-hydrogen) atoms. The second kappa shape index (κ2) is 6.91. The smallest absolute Gasteiger partial charge is 0.00952 e. The van der Waals surface area contributed by atoms with Crippen molar-refractivity contribution < 1.29 is 0 Å². The van der Waals surface area contributed by atoms with E-state index in [0.29, 0.717) is 6.04 Å². The maximum absolute atomic E-state index is 6.26. The van der Waals surface area contributed by atoms with Gasteiger partial charge in [0.1, 0.15) is 0 Å². The quantitative estimate of drug-likeness (QED) is 0.717. The van der Waals surface area contributed by atoms with E-state index in [1.807, 2.05) is 0 Å². The minimum Gasteiger partial charge on any atom is -0.327 e. The summed E-state index contributed by atoms with van der Waals surface area (Å²) in [5.74, 6) is 1.69. The lowest BCUT2D eigenvalue weighted by atomic mass is 10.1. The first kappa shape index (κ1) is 14.3. The Hall–Kier alpha value is -0.0800. The lowest BCUT2D eigenvalue weighted by molar-refractivity contribution is 0.180. The van der Waals surface area contributed by atoms with E-state index < -0.39 is 0 Å². The fraction of sp³-hybridized carbons (Fsp3) is 1.00. The van der Waals surface area contributed by atoms with Gasteiger partial charge in [-0.25, -0.2) is 0 Å². The molecule has 2 saturated carbocycles. The number of nitrogens with two attached hydrogens (primary N) is 1. The van der Waals surface area contributed by atoms with Crippen LogP contribution in [-0.2, 0) is 0 Å². The van der Waals surface area contributed by atoms with Gasteiger partial charge in [0.05, 0.1) is 0 Å². The highest BCUT2D eigenvalue weighted by molar-refractivity contribution is 4.86. The molecule has 2 rings (SSSR count). The highest BCUT2D eigenvalue weighted by Crippen LogP contribution is 2.33. The molecule has 2 fully saturated rings. The van der Waals surface area contributed by atoms with Crippen LogP contribution in [0.4, 0.5) is 0 Å². The maximum Gasteiger partial charge on any atom is 0.00952 e. The van der Waals surface area contributed by atoms with E-state index in [4.69, 9.17) is 5.73 Å². The molecule has 2 aliphatic carbocycles. The predicted molar refractivity (Wildman–Crippen MR) is 78.6 cm³/mol. The molecule has 0 aromatic carbocycles. The summed E-state index contributed by atoms with van der Waals surface area (Å²) in [4.78, 5) is 2.76. The van der Waals surface area contributed by atoms with Crippen molar-refractivity contribution in [3.63, 3.8) is 0 Å². The third-order valence-electron chi connectivity index (χ3n) is 4.81. The first-order chi connectivity index (χ1) is 8.66. The molecule has 0 saturated heterocycles. The van der Waals surface area contributed by atoms with Crippen molar-refractivity contribution in [1.29, 1.82) is 0 Å². The van der Waals surface area contributed by atoms with Gasteiger partial charge in [0, 0.05) is 12.1 Å². The van der Waals surface area contributed by atoms with E-state index in [1.165, 1.54) is 64.5 Å². The third-order valence-corrected chi connectivity index (χ3v) is 4.81. The van der Waals surface area contributed by atoms with Crippen LogP contribution in [0.25, 0.3) is 0 Å². The van der Waals surface area contributed by atoms with Gasteiger partial charge in [-0.05, 0) is 63.5 Å². The van der Waals surface area contributed by atoms with Gasteiger partial charge in [-0.3, -0.25) is 0 Å². The molecule has 0 heterocycles. The normalized spacial score (nSPS) is 23.2. The first-order valence-corrected chi connectivity index (χ1v) is 8.16. The largest absolute Gasteiger partial charge is 0.327 e. The Morgan fingerprint density at radius 3 is 2.17 bits per heavy atom. The fourth-order valence-electron chi connectivity index (χ4n) is 3.25. The monoisotopic (exact) mass is 252 g/mol. The molecule has 0 radical (unpaired) electrons. The second-order valence-corrected chi connectivity index (χ2v) is 6.95. The van der Waals surface area contributed by atoms with Crippen LogP contribution >= 0.6 is 0 Å². The van der Waals surface area contributed by atoms with Crippen molar-refractivity contribution in [2.45, 2.75) is 77.3 Å². The molecule has 0 bridgehead atoms. The summed E-state index contributed by atoms with van der Waals surface area (Å²) in [6, 6.07) is 1.35. The van der Waals surface area contributed by atoms with Gasteiger partial charge < -0.3 is 10.6 Å². The van der Waals surface area contributed by atoms with Crippen LogP contribution in [0.3, 0.4) is 0 Å². The Morgan fingerprint density at radius 1 is 1.00 bits per heavy atom. The van der Waals surface area contributed by atoms with E-state index in [0.717, 1.165) is 17.9 Å². The topological polar surface area (TPSA) is 29.3 Å². The second-order valence-electron chi connectivity index (χ2n) is 6.95. The molecular formula is C16H32N2. The van der Waals surface area contributed by atoms with Crippen LogP contribution in [0, 0.1) is 11.8 Å². The summed E-state index contributed by atoms with van der Waals surface area (Å²) in [7, 11) is 0. The lowest BCUT2D eigenvalue weighted by Gasteiger charge is -2.30.